The van der Waals surface area contributed by atoms with Crippen LogP contribution in [0.5, 0.6) is 5.75 Å². The fraction of sp³-hybridized carbons (Fsp3) is 0.217. The fourth-order valence-electron chi connectivity index (χ4n) is 2.56. The molecule has 2 N–H and O–H groups in total. The maximum atomic E-state index is 12.5. The molecule has 2 aromatic carbocycles. The van der Waals surface area contributed by atoms with Gasteiger partial charge < -0.3 is 15.4 Å². The number of benzene rings is 2. The van der Waals surface area contributed by atoms with Gasteiger partial charge in [-0.3, -0.25) is 9.78 Å². The lowest BCUT2D eigenvalue weighted by atomic mass is 10.2. The van der Waals surface area contributed by atoms with Crippen molar-refractivity contribution in [2.75, 3.05) is 17.2 Å². The highest BCUT2D eigenvalue weighted by atomic mass is 16.5. The Balaban J connectivity index is 1.56. The molecule has 0 unspecified atom stereocenters. The van der Waals surface area contributed by atoms with Gasteiger partial charge in [0.2, 0.25) is 0 Å². The van der Waals surface area contributed by atoms with Gasteiger partial charge in [-0.05, 0) is 41.8 Å². The Labute approximate surface area is 165 Å². The molecule has 1 heterocycles. The van der Waals surface area contributed by atoms with E-state index in [4.69, 9.17) is 4.74 Å². The summed E-state index contributed by atoms with van der Waals surface area (Å²) in [5, 5.41) is 6.17. The van der Waals surface area contributed by atoms with Gasteiger partial charge >= 0.3 is 0 Å². The Morgan fingerprint density at radius 3 is 2.46 bits per heavy atom. The van der Waals surface area contributed by atoms with Gasteiger partial charge in [-0.25, -0.2) is 0 Å². The van der Waals surface area contributed by atoms with Crippen LogP contribution >= 0.6 is 0 Å². The molecule has 144 valence electrons. The summed E-state index contributed by atoms with van der Waals surface area (Å²) in [7, 11) is 0. The summed E-state index contributed by atoms with van der Waals surface area (Å²) in [6.07, 6.45) is 3.28. The van der Waals surface area contributed by atoms with Gasteiger partial charge in [-0.15, -0.1) is 0 Å². The molecular weight excluding hydrogens is 350 g/mol. The number of hydrogen-bond acceptors (Lipinski definition) is 4. The predicted octanol–water partition coefficient (Wildman–Crippen LogP) is 4.98. The third-order valence-electron chi connectivity index (χ3n) is 4.08. The summed E-state index contributed by atoms with van der Waals surface area (Å²) in [6, 6.07) is 19.1. The van der Waals surface area contributed by atoms with Crippen molar-refractivity contribution in [3.8, 4) is 5.75 Å². The highest BCUT2D eigenvalue weighted by molar-refractivity contribution is 6.04. The molecule has 0 bridgehead atoms. The molecular formula is C23H25N3O2. The number of anilines is 2. The fourth-order valence-corrected chi connectivity index (χ4v) is 2.56. The molecule has 3 rings (SSSR count). The highest BCUT2D eigenvalue weighted by Gasteiger charge is 2.08. The summed E-state index contributed by atoms with van der Waals surface area (Å²) < 4.78 is 5.77. The number of nitrogens with one attached hydrogen (secondary N) is 2. The van der Waals surface area contributed by atoms with E-state index in [2.05, 4.69) is 29.5 Å². The maximum absolute atomic E-state index is 12.5. The third-order valence-corrected chi connectivity index (χ3v) is 4.08. The molecule has 0 spiro atoms. The topological polar surface area (TPSA) is 63.2 Å². The van der Waals surface area contributed by atoms with E-state index in [1.807, 2.05) is 60.7 Å². The molecule has 5 nitrogen and oxygen atoms in total. The molecule has 3 aromatic rings. The van der Waals surface area contributed by atoms with Gasteiger partial charge in [0.05, 0.1) is 11.3 Å². The van der Waals surface area contributed by atoms with Crippen molar-refractivity contribution >= 4 is 17.3 Å². The van der Waals surface area contributed by atoms with Crippen LogP contribution in [-0.2, 0) is 6.61 Å². The predicted molar refractivity (Wildman–Crippen MR) is 113 cm³/mol. The lowest BCUT2D eigenvalue weighted by molar-refractivity contribution is 0.102. The largest absolute Gasteiger partial charge is 0.489 e. The minimum atomic E-state index is -0.196. The third kappa shape index (κ3) is 5.84. The second kappa shape index (κ2) is 9.55. The Morgan fingerprint density at radius 2 is 1.75 bits per heavy atom. The van der Waals surface area contributed by atoms with Gasteiger partial charge in [0.25, 0.3) is 5.91 Å². The number of carbonyl (C=O) groups excluding carboxylic acids is 1. The van der Waals surface area contributed by atoms with E-state index in [0.717, 1.165) is 23.5 Å². The summed E-state index contributed by atoms with van der Waals surface area (Å²) in [6.45, 7) is 5.60. The van der Waals surface area contributed by atoms with Crippen LogP contribution in [0.3, 0.4) is 0 Å². The van der Waals surface area contributed by atoms with Gasteiger partial charge in [0, 0.05) is 24.6 Å². The van der Waals surface area contributed by atoms with Gasteiger partial charge in [0.15, 0.2) is 0 Å². The SMILES string of the molecule is CC(C)CNc1cncc(C(=O)Nc2ccc(OCc3ccccc3)cc2)c1. The minimum Gasteiger partial charge on any atom is -0.489 e. The molecule has 5 heteroatoms. The van der Waals surface area contributed by atoms with Crippen LogP contribution < -0.4 is 15.4 Å². The molecule has 0 aliphatic carbocycles. The standard InChI is InChI=1S/C23H25N3O2/c1-17(2)13-25-21-12-19(14-24-15-21)23(27)26-20-8-10-22(11-9-20)28-16-18-6-4-3-5-7-18/h3-12,14-15,17,25H,13,16H2,1-2H3,(H,26,27). The minimum absolute atomic E-state index is 0.196. The Kier molecular flexibility index (Phi) is 6.63. The number of amides is 1. The summed E-state index contributed by atoms with van der Waals surface area (Å²) in [5.41, 5.74) is 3.17. The van der Waals surface area contributed by atoms with E-state index in [0.29, 0.717) is 23.8 Å². The van der Waals surface area contributed by atoms with Gasteiger partial charge in [0.1, 0.15) is 12.4 Å². The monoisotopic (exact) mass is 375 g/mol. The van der Waals surface area contributed by atoms with E-state index in [9.17, 15) is 4.79 Å². The molecule has 0 fully saturated rings. The number of pyridine rings is 1. The number of aromatic nitrogens is 1. The number of nitrogens with zero attached hydrogens (tertiary/aromatic N) is 1. The molecule has 1 amide bonds. The zero-order chi connectivity index (χ0) is 19.8. The molecule has 0 atom stereocenters. The first-order valence-electron chi connectivity index (χ1n) is 9.37. The van der Waals surface area contributed by atoms with Crippen LogP contribution in [0, 0.1) is 5.92 Å². The number of ether oxygens (including phenoxy) is 1. The summed E-state index contributed by atoms with van der Waals surface area (Å²) >= 11 is 0. The van der Waals surface area contributed by atoms with Crippen molar-refractivity contribution in [1.29, 1.82) is 0 Å². The Morgan fingerprint density at radius 1 is 1.00 bits per heavy atom. The van der Waals surface area contributed by atoms with Crippen LogP contribution in [0.15, 0.2) is 73.1 Å². The maximum Gasteiger partial charge on any atom is 0.257 e. The first-order valence-corrected chi connectivity index (χ1v) is 9.37. The van der Waals surface area contributed by atoms with E-state index in [1.165, 1.54) is 0 Å². The zero-order valence-electron chi connectivity index (χ0n) is 16.2. The van der Waals surface area contributed by atoms with Crippen LogP contribution in [-0.4, -0.2) is 17.4 Å². The quantitative estimate of drug-likeness (QED) is 0.583. The second-order valence-electron chi connectivity index (χ2n) is 6.99. The van der Waals surface area contributed by atoms with Crippen LogP contribution in [0.1, 0.15) is 29.8 Å². The normalized spacial score (nSPS) is 10.5. The average molecular weight is 375 g/mol. The second-order valence-corrected chi connectivity index (χ2v) is 6.99. The van der Waals surface area contributed by atoms with E-state index in [1.54, 1.807) is 12.4 Å². The molecule has 0 saturated heterocycles. The smallest absolute Gasteiger partial charge is 0.257 e. The Bertz CT molecular complexity index is 893. The van der Waals surface area contributed by atoms with E-state index < -0.39 is 0 Å². The van der Waals surface area contributed by atoms with Crippen LogP contribution in [0.4, 0.5) is 11.4 Å². The lowest BCUT2D eigenvalue weighted by Crippen LogP contribution is -2.13. The lowest BCUT2D eigenvalue weighted by Gasteiger charge is -2.11. The molecule has 28 heavy (non-hydrogen) atoms. The van der Waals surface area contributed by atoms with E-state index in [-0.39, 0.29) is 5.91 Å². The number of rotatable bonds is 8. The molecule has 0 aliphatic rings. The summed E-state index contributed by atoms with van der Waals surface area (Å²) in [4.78, 5) is 16.6. The van der Waals surface area contributed by atoms with Crippen molar-refractivity contribution in [3.63, 3.8) is 0 Å². The average Bonchev–Trinajstić information content (AvgIpc) is 2.73. The van der Waals surface area contributed by atoms with Gasteiger partial charge in [-0.2, -0.15) is 0 Å². The van der Waals surface area contributed by atoms with Crippen LogP contribution in [0.25, 0.3) is 0 Å². The van der Waals surface area contributed by atoms with Crippen molar-refractivity contribution in [1.82, 2.24) is 4.98 Å². The molecule has 0 aliphatic heterocycles. The van der Waals surface area contributed by atoms with E-state index >= 15 is 0 Å². The number of hydrogen-bond donors (Lipinski definition) is 2. The first-order chi connectivity index (χ1) is 13.6. The van der Waals surface area contributed by atoms with Crippen molar-refractivity contribution in [2.24, 2.45) is 5.92 Å². The van der Waals surface area contributed by atoms with Crippen molar-refractivity contribution in [3.05, 3.63) is 84.2 Å². The molecule has 1 aromatic heterocycles. The number of carbonyl (C=O) groups is 1. The molecule has 0 radical (unpaired) electrons. The summed E-state index contributed by atoms with van der Waals surface area (Å²) in [5.74, 6) is 1.07. The Hall–Kier alpha value is -3.34. The zero-order valence-corrected chi connectivity index (χ0v) is 16.2. The highest BCUT2D eigenvalue weighted by Crippen LogP contribution is 2.18. The molecule has 0 saturated carbocycles. The van der Waals surface area contributed by atoms with Crippen molar-refractivity contribution in [2.45, 2.75) is 20.5 Å². The van der Waals surface area contributed by atoms with Gasteiger partial charge in [-0.1, -0.05) is 44.2 Å². The first kappa shape index (κ1) is 19.4. The van der Waals surface area contributed by atoms with Crippen LogP contribution in [0.2, 0.25) is 0 Å². The van der Waals surface area contributed by atoms with Crippen molar-refractivity contribution < 1.29 is 9.53 Å².